The van der Waals surface area contributed by atoms with Crippen LogP contribution in [-0.4, -0.2) is 32.9 Å². The van der Waals surface area contributed by atoms with Crippen LogP contribution in [0.15, 0.2) is 12.4 Å². The van der Waals surface area contributed by atoms with Crippen molar-refractivity contribution >= 4 is 33.3 Å². The molecule has 2 unspecified atom stereocenters. The summed E-state index contributed by atoms with van der Waals surface area (Å²) in [6, 6.07) is 0.598. The van der Waals surface area contributed by atoms with Gasteiger partial charge in [0, 0.05) is 24.5 Å². The number of rotatable bonds is 2. The first-order valence-electron chi connectivity index (χ1n) is 6.95. The topological polar surface area (TPSA) is 72.1 Å². The zero-order valence-electron chi connectivity index (χ0n) is 11.7. The Hall–Kier alpha value is -1.69. The fourth-order valence-electron chi connectivity index (χ4n) is 2.96. The molecule has 1 aliphatic rings. The highest BCUT2D eigenvalue weighted by molar-refractivity contribution is 7.21. The van der Waals surface area contributed by atoms with Crippen LogP contribution >= 0.6 is 11.3 Å². The SMILES string of the molecule is CCC1CCC(C)N1C(=O)c1sc2nccnc2c1N. The third-order valence-electron chi connectivity index (χ3n) is 4.05. The van der Waals surface area contributed by atoms with E-state index in [1.54, 1.807) is 12.4 Å². The summed E-state index contributed by atoms with van der Waals surface area (Å²) in [7, 11) is 0. The molecule has 0 radical (unpaired) electrons. The van der Waals surface area contributed by atoms with E-state index in [-0.39, 0.29) is 11.9 Å². The van der Waals surface area contributed by atoms with Gasteiger partial charge >= 0.3 is 0 Å². The van der Waals surface area contributed by atoms with E-state index >= 15 is 0 Å². The molecule has 0 aromatic carbocycles. The van der Waals surface area contributed by atoms with Crippen LogP contribution < -0.4 is 5.73 Å². The molecule has 0 spiro atoms. The minimum Gasteiger partial charge on any atom is -0.396 e. The Morgan fingerprint density at radius 3 is 2.90 bits per heavy atom. The standard InChI is InChI=1S/C14H18N4OS/c1-3-9-5-4-8(2)18(9)14(19)12-10(15)11-13(20-12)17-7-6-16-11/h6-9H,3-5,15H2,1-2H3. The van der Waals surface area contributed by atoms with Gasteiger partial charge in [0.05, 0.1) is 5.69 Å². The van der Waals surface area contributed by atoms with Gasteiger partial charge in [-0.05, 0) is 26.2 Å². The summed E-state index contributed by atoms with van der Waals surface area (Å²) in [5.41, 5.74) is 7.21. The van der Waals surface area contributed by atoms with Crippen LogP contribution in [0.2, 0.25) is 0 Å². The van der Waals surface area contributed by atoms with E-state index in [4.69, 9.17) is 5.73 Å². The summed E-state index contributed by atoms with van der Waals surface area (Å²) in [5, 5.41) is 0. The van der Waals surface area contributed by atoms with Gasteiger partial charge in [0.1, 0.15) is 15.2 Å². The van der Waals surface area contributed by atoms with Gasteiger partial charge in [0.15, 0.2) is 0 Å². The van der Waals surface area contributed by atoms with Gasteiger partial charge in [-0.3, -0.25) is 4.79 Å². The minimum absolute atomic E-state index is 0.0316. The molecule has 1 fully saturated rings. The number of nitrogens with zero attached hydrogens (tertiary/aromatic N) is 3. The molecule has 5 nitrogen and oxygen atoms in total. The van der Waals surface area contributed by atoms with Gasteiger partial charge in [0.2, 0.25) is 0 Å². The first-order chi connectivity index (χ1) is 9.63. The number of thiophene rings is 1. The summed E-state index contributed by atoms with van der Waals surface area (Å²) in [6.07, 6.45) is 6.35. The Morgan fingerprint density at radius 1 is 1.45 bits per heavy atom. The van der Waals surface area contributed by atoms with Gasteiger partial charge in [-0.2, -0.15) is 0 Å². The Labute approximate surface area is 121 Å². The van der Waals surface area contributed by atoms with E-state index < -0.39 is 0 Å². The number of amides is 1. The maximum absolute atomic E-state index is 12.8. The number of aromatic nitrogens is 2. The number of carbonyl (C=O) groups excluding carboxylic acids is 1. The molecule has 2 aromatic rings. The molecule has 106 valence electrons. The van der Waals surface area contributed by atoms with Crippen molar-refractivity contribution in [2.24, 2.45) is 0 Å². The van der Waals surface area contributed by atoms with Crippen molar-refractivity contribution in [2.45, 2.75) is 45.2 Å². The molecule has 0 aliphatic carbocycles. The predicted molar refractivity (Wildman–Crippen MR) is 80.8 cm³/mol. The van der Waals surface area contributed by atoms with Crippen LogP contribution in [0.3, 0.4) is 0 Å². The molecule has 0 bridgehead atoms. The van der Waals surface area contributed by atoms with Crippen LogP contribution in [0, 0.1) is 0 Å². The fourth-order valence-corrected chi connectivity index (χ4v) is 3.92. The Balaban J connectivity index is 2.02. The lowest BCUT2D eigenvalue weighted by molar-refractivity contribution is 0.0682. The zero-order valence-corrected chi connectivity index (χ0v) is 12.5. The predicted octanol–water partition coefficient (Wildman–Crippen LogP) is 2.68. The van der Waals surface area contributed by atoms with Crippen molar-refractivity contribution in [3.8, 4) is 0 Å². The highest BCUT2D eigenvalue weighted by Gasteiger charge is 2.35. The molecular weight excluding hydrogens is 272 g/mol. The van der Waals surface area contributed by atoms with Gasteiger partial charge in [-0.1, -0.05) is 6.92 Å². The maximum Gasteiger partial charge on any atom is 0.266 e. The van der Waals surface area contributed by atoms with Crippen LogP contribution in [0.5, 0.6) is 0 Å². The number of anilines is 1. The van der Waals surface area contributed by atoms with E-state index in [9.17, 15) is 4.79 Å². The first-order valence-corrected chi connectivity index (χ1v) is 7.76. The quantitative estimate of drug-likeness (QED) is 0.923. The second-order valence-corrected chi connectivity index (χ2v) is 6.25. The summed E-state index contributed by atoms with van der Waals surface area (Å²) < 4.78 is 0. The molecule has 3 rings (SSSR count). The second-order valence-electron chi connectivity index (χ2n) is 5.26. The van der Waals surface area contributed by atoms with Crippen molar-refractivity contribution < 1.29 is 4.79 Å². The molecule has 20 heavy (non-hydrogen) atoms. The highest BCUT2D eigenvalue weighted by Crippen LogP contribution is 2.35. The Bertz CT molecular complexity index is 654. The second kappa shape index (κ2) is 5.01. The number of hydrogen-bond acceptors (Lipinski definition) is 5. The van der Waals surface area contributed by atoms with Crippen LogP contribution in [-0.2, 0) is 0 Å². The van der Waals surface area contributed by atoms with Gasteiger partial charge in [-0.25, -0.2) is 9.97 Å². The van der Waals surface area contributed by atoms with Crippen molar-refractivity contribution in [3.05, 3.63) is 17.3 Å². The molecule has 2 N–H and O–H groups in total. The number of hydrogen-bond donors (Lipinski definition) is 1. The van der Waals surface area contributed by atoms with Gasteiger partial charge in [0.25, 0.3) is 5.91 Å². The maximum atomic E-state index is 12.8. The molecule has 1 aliphatic heterocycles. The van der Waals surface area contributed by atoms with Crippen LogP contribution in [0.25, 0.3) is 10.3 Å². The summed E-state index contributed by atoms with van der Waals surface area (Å²) in [4.78, 5) is 24.6. The average Bonchev–Trinajstić information content (AvgIpc) is 2.99. The van der Waals surface area contributed by atoms with Crippen LogP contribution in [0.1, 0.15) is 42.8 Å². The molecule has 0 saturated carbocycles. The lowest BCUT2D eigenvalue weighted by atomic mass is 10.1. The van der Waals surface area contributed by atoms with Crippen molar-refractivity contribution in [2.75, 3.05) is 5.73 Å². The molecule has 1 saturated heterocycles. The van der Waals surface area contributed by atoms with Crippen molar-refractivity contribution in [1.82, 2.24) is 14.9 Å². The highest BCUT2D eigenvalue weighted by atomic mass is 32.1. The molecule has 2 atom stereocenters. The zero-order chi connectivity index (χ0) is 14.3. The Kier molecular flexibility index (Phi) is 3.33. The summed E-state index contributed by atoms with van der Waals surface area (Å²) in [5.74, 6) is 0.0316. The van der Waals surface area contributed by atoms with Gasteiger partial charge < -0.3 is 10.6 Å². The molecule has 3 heterocycles. The number of nitrogens with two attached hydrogens (primary N) is 1. The monoisotopic (exact) mass is 290 g/mol. The largest absolute Gasteiger partial charge is 0.396 e. The first kappa shape index (κ1) is 13.3. The van der Waals surface area contributed by atoms with Crippen molar-refractivity contribution in [3.63, 3.8) is 0 Å². The molecule has 1 amide bonds. The average molecular weight is 290 g/mol. The van der Waals surface area contributed by atoms with E-state index in [2.05, 4.69) is 23.8 Å². The molecule has 6 heteroatoms. The third-order valence-corrected chi connectivity index (χ3v) is 5.14. The number of likely N-dealkylation sites (tertiary alicyclic amines) is 1. The minimum atomic E-state index is 0.0316. The molecule has 2 aromatic heterocycles. The van der Waals surface area contributed by atoms with E-state index in [1.165, 1.54) is 11.3 Å². The number of carbonyl (C=O) groups is 1. The smallest absolute Gasteiger partial charge is 0.266 e. The summed E-state index contributed by atoms with van der Waals surface area (Å²) >= 11 is 1.34. The van der Waals surface area contributed by atoms with Crippen LogP contribution in [0.4, 0.5) is 5.69 Å². The summed E-state index contributed by atoms with van der Waals surface area (Å²) in [6.45, 7) is 4.23. The van der Waals surface area contributed by atoms with E-state index in [0.29, 0.717) is 22.1 Å². The number of fused-ring (bicyclic) bond motifs is 1. The lowest BCUT2D eigenvalue weighted by Gasteiger charge is -2.27. The molecular formula is C14H18N4OS. The van der Waals surface area contributed by atoms with Gasteiger partial charge in [-0.15, -0.1) is 11.3 Å². The third kappa shape index (κ3) is 1.95. The Morgan fingerprint density at radius 2 is 2.20 bits per heavy atom. The number of nitrogen functional groups attached to an aromatic ring is 1. The fraction of sp³-hybridized carbons (Fsp3) is 0.500. The van der Waals surface area contributed by atoms with E-state index in [1.807, 2.05) is 4.90 Å². The normalized spacial score (nSPS) is 22.6. The van der Waals surface area contributed by atoms with E-state index in [0.717, 1.165) is 24.1 Å². The lowest BCUT2D eigenvalue weighted by Crippen LogP contribution is -2.39. The van der Waals surface area contributed by atoms with Crippen molar-refractivity contribution in [1.29, 1.82) is 0 Å².